The maximum Gasteiger partial charge on any atom is 0.410 e. The van der Waals surface area contributed by atoms with Gasteiger partial charge in [0, 0.05) is 6.42 Å². The van der Waals surface area contributed by atoms with Gasteiger partial charge in [-0.05, 0) is 5.56 Å². The first kappa shape index (κ1) is 14.0. The molecule has 98 valence electrons. The predicted octanol–water partition coefficient (Wildman–Crippen LogP) is 1.10. The van der Waals surface area contributed by atoms with Crippen LogP contribution in [0.2, 0.25) is 0 Å². The number of carboxylic acid groups (broad SMARTS) is 1. The van der Waals surface area contributed by atoms with Gasteiger partial charge in [0.15, 0.2) is 0 Å². The number of carboxylic acids is 1. The molecule has 3 N–H and O–H groups in total. The van der Waals surface area contributed by atoms with Gasteiger partial charge in [-0.3, -0.25) is 5.32 Å². The highest BCUT2D eigenvalue weighted by Gasteiger charge is 2.36. The van der Waals surface area contributed by atoms with E-state index in [2.05, 4.69) is 0 Å². The quantitative estimate of drug-likeness (QED) is 0.683. The first-order valence-corrected chi connectivity index (χ1v) is 5.42. The third-order valence-electron chi connectivity index (χ3n) is 2.39. The fourth-order valence-corrected chi connectivity index (χ4v) is 1.22. The van der Waals surface area contributed by atoms with Crippen LogP contribution in [-0.4, -0.2) is 28.0 Å². The Balaban J connectivity index is 2.49. The van der Waals surface area contributed by atoms with Gasteiger partial charge in [0.2, 0.25) is 5.72 Å². The Kier molecular flexibility index (Phi) is 4.67. The molecule has 18 heavy (non-hydrogen) atoms. The lowest BCUT2D eigenvalue weighted by Gasteiger charge is -2.22. The van der Waals surface area contributed by atoms with E-state index in [9.17, 15) is 14.7 Å². The molecule has 0 heterocycles. The van der Waals surface area contributed by atoms with Crippen molar-refractivity contribution in [3.8, 4) is 0 Å². The second-order valence-electron chi connectivity index (χ2n) is 3.71. The standard InChI is InChI=1S/C12H15NO5/c1-2-12(17,10(14)15)13-11(16)18-8-9-6-4-3-5-7-9/h3-7,17H,2,8H2,1H3,(H,13,16)(H,14,15). The Morgan fingerprint density at radius 1 is 1.33 bits per heavy atom. The molecule has 0 aliphatic rings. The number of nitrogens with one attached hydrogen (secondary N) is 1. The highest BCUT2D eigenvalue weighted by atomic mass is 16.6. The number of aliphatic hydroxyl groups is 1. The van der Waals surface area contributed by atoms with Crippen LogP contribution in [0.3, 0.4) is 0 Å². The van der Waals surface area contributed by atoms with Crippen molar-refractivity contribution in [3.05, 3.63) is 35.9 Å². The summed E-state index contributed by atoms with van der Waals surface area (Å²) >= 11 is 0. The van der Waals surface area contributed by atoms with Gasteiger partial charge in [0.1, 0.15) is 6.61 Å². The van der Waals surface area contributed by atoms with E-state index >= 15 is 0 Å². The maximum atomic E-state index is 11.3. The average Bonchev–Trinajstić information content (AvgIpc) is 2.37. The zero-order valence-corrected chi connectivity index (χ0v) is 9.92. The number of carbonyl (C=O) groups is 2. The second-order valence-corrected chi connectivity index (χ2v) is 3.71. The molecule has 0 aromatic heterocycles. The van der Waals surface area contributed by atoms with Gasteiger partial charge in [-0.15, -0.1) is 0 Å². The molecule has 0 aliphatic heterocycles. The third kappa shape index (κ3) is 3.74. The number of benzene rings is 1. The van der Waals surface area contributed by atoms with Crippen LogP contribution in [0.4, 0.5) is 4.79 Å². The lowest BCUT2D eigenvalue weighted by Crippen LogP contribution is -2.54. The van der Waals surface area contributed by atoms with Crippen LogP contribution in [0.25, 0.3) is 0 Å². The number of rotatable bonds is 5. The number of ether oxygens (including phenoxy) is 1. The van der Waals surface area contributed by atoms with E-state index in [1.54, 1.807) is 24.3 Å². The highest BCUT2D eigenvalue weighted by molar-refractivity contribution is 5.82. The van der Waals surface area contributed by atoms with E-state index in [0.717, 1.165) is 5.56 Å². The van der Waals surface area contributed by atoms with Gasteiger partial charge in [-0.1, -0.05) is 37.3 Å². The van der Waals surface area contributed by atoms with Crippen LogP contribution < -0.4 is 5.32 Å². The first-order valence-electron chi connectivity index (χ1n) is 5.42. The molecule has 1 aromatic carbocycles. The summed E-state index contributed by atoms with van der Waals surface area (Å²) in [5, 5.41) is 20.2. The summed E-state index contributed by atoms with van der Waals surface area (Å²) in [5.74, 6) is -1.53. The van der Waals surface area contributed by atoms with Gasteiger partial charge in [-0.2, -0.15) is 0 Å². The summed E-state index contributed by atoms with van der Waals surface area (Å²) in [6.45, 7) is 1.44. The van der Waals surface area contributed by atoms with E-state index in [0.29, 0.717) is 0 Å². The van der Waals surface area contributed by atoms with Gasteiger partial charge in [0.05, 0.1) is 0 Å². The minimum Gasteiger partial charge on any atom is -0.478 e. The normalized spacial score (nSPS) is 13.4. The van der Waals surface area contributed by atoms with Crippen molar-refractivity contribution in [3.63, 3.8) is 0 Å². The number of hydrogen-bond acceptors (Lipinski definition) is 4. The van der Waals surface area contributed by atoms with Crippen LogP contribution in [0.5, 0.6) is 0 Å². The van der Waals surface area contributed by atoms with Crippen molar-refractivity contribution < 1.29 is 24.5 Å². The Bertz CT molecular complexity index is 420. The largest absolute Gasteiger partial charge is 0.478 e. The monoisotopic (exact) mass is 253 g/mol. The molecule has 0 aliphatic carbocycles. The molecule has 6 heteroatoms. The lowest BCUT2D eigenvalue weighted by molar-refractivity contribution is -0.161. The lowest BCUT2D eigenvalue weighted by atomic mass is 10.2. The number of amides is 1. The zero-order chi connectivity index (χ0) is 13.6. The van der Waals surface area contributed by atoms with E-state index in [-0.39, 0.29) is 13.0 Å². The molecule has 1 rings (SSSR count). The van der Waals surface area contributed by atoms with Crippen molar-refractivity contribution in [2.24, 2.45) is 0 Å². The summed E-state index contributed by atoms with van der Waals surface area (Å²) < 4.78 is 4.80. The summed E-state index contributed by atoms with van der Waals surface area (Å²) in [6.07, 6.45) is -1.14. The predicted molar refractivity (Wildman–Crippen MR) is 62.6 cm³/mol. The Morgan fingerprint density at radius 3 is 2.44 bits per heavy atom. The summed E-state index contributed by atoms with van der Waals surface area (Å²) in [6, 6.07) is 8.92. The molecule has 6 nitrogen and oxygen atoms in total. The number of hydrogen-bond donors (Lipinski definition) is 3. The minimum atomic E-state index is -2.30. The van der Waals surface area contributed by atoms with Crippen molar-refractivity contribution in [2.45, 2.75) is 25.7 Å². The smallest absolute Gasteiger partial charge is 0.410 e. The highest BCUT2D eigenvalue weighted by Crippen LogP contribution is 2.07. The summed E-state index contributed by atoms with van der Waals surface area (Å²) in [5.41, 5.74) is -1.53. The molecule has 0 saturated carbocycles. The first-order chi connectivity index (χ1) is 8.48. The van der Waals surface area contributed by atoms with Crippen LogP contribution in [0.1, 0.15) is 18.9 Å². The van der Waals surface area contributed by atoms with Crippen molar-refractivity contribution in [1.29, 1.82) is 0 Å². The molecule has 0 saturated heterocycles. The Labute approximate surface area is 104 Å². The fourth-order valence-electron chi connectivity index (χ4n) is 1.22. The zero-order valence-electron chi connectivity index (χ0n) is 9.92. The van der Waals surface area contributed by atoms with E-state index in [1.165, 1.54) is 6.92 Å². The van der Waals surface area contributed by atoms with E-state index in [1.807, 2.05) is 11.4 Å². The molecule has 0 radical (unpaired) electrons. The van der Waals surface area contributed by atoms with Crippen molar-refractivity contribution in [1.82, 2.24) is 5.32 Å². The van der Waals surface area contributed by atoms with E-state index < -0.39 is 17.8 Å². The van der Waals surface area contributed by atoms with Crippen LogP contribution in [0.15, 0.2) is 30.3 Å². The Hall–Kier alpha value is -2.08. The van der Waals surface area contributed by atoms with Crippen LogP contribution in [0, 0.1) is 0 Å². The molecular weight excluding hydrogens is 238 g/mol. The average molecular weight is 253 g/mol. The van der Waals surface area contributed by atoms with Gasteiger partial charge >= 0.3 is 12.1 Å². The number of alkyl carbamates (subject to hydrolysis) is 1. The van der Waals surface area contributed by atoms with Gasteiger partial charge in [-0.25, -0.2) is 9.59 Å². The summed E-state index contributed by atoms with van der Waals surface area (Å²) in [4.78, 5) is 22.1. The third-order valence-corrected chi connectivity index (χ3v) is 2.39. The fraction of sp³-hybridized carbons (Fsp3) is 0.333. The van der Waals surface area contributed by atoms with Crippen molar-refractivity contribution >= 4 is 12.1 Å². The van der Waals surface area contributed by atoms with Gasteiger partial charge in [0.25, 0.3) is 0 Å². The molecular formula is C12H15NO5. The molecule has 1 unspecified atom stereocenters. The molecule has 0 bridgehead atoms. The maximum absolute atomic E-state index is 11.3. The SMILES string of the molecule is CCC(O)(NC(=O)OCc1ccccc1)C(=O)O. The summed E-state index contributed by atoms with van der Waals surface area (Å²) in [7, 11) is 0. The second kappa shape index (κ2) is 6.02. The topological polar surface area (TPSA) is 95.9 Å². The van der Waals surface area contributed by atoms with Gasteiger partial charge < -0.3 is 14.9 Å². The van der Waals surface area contributed by atoms with E-state index in [4.69, 9.17) is 9.84 Å². The molecule has 1 aromatic rings. The number of carbonyl (C=O) groups excluding carboxylic acids is 1. The van der Waals surface area contributed by atoms with Crippen molar-refractivity contribution in [2.75, 3.05) is 0 Å². The molecule has 0 fully saturated rings. The molecule has 0 spiro atoms. The minimum absolute atomic E-state index is 0.00604. The molecule has 1 atom stereocenters. The van der Waals surface area contributed by atoms with Crippen LogP contribution >= 0.6 is 0 Å². The van der Waals surface area contributed by atoms with Crippen LogP contribution in [-0.2, 0) is 16.1 Å². The molecule has 1 amide bonds. The number of aliphatic carboxylic acids is 1. The Morgan fingerprint density at radius 2 is 1.94 bits per heavy atom.